The molecular formula is C13H31N3. The molecule has 0 spiro atoms. The highest BCUT2D eigenvalue weighted by Gasteiger charge is 2.27. The van der Waals surface area contributed by atoms with E-state index in [9.17, 15) is 0 Å². The normalized spacial score (nSPS) is 15.8. The third-order valence-electron chi connectivity index (χ3n) is 3.41. The smallest absolute Gasteiger partial charge is 0.0303 e. The van der Waals surface area contributed by atoms with Gasteiger partial charge >= 0.3 is 0 Å². The van der Waals surface area contributed by atoms with Gasteiger partial charge in [0.1, 0.15) is 0 Å². The van der Waals surface area contributed by atoms with Crippen LogP contribution in [0.1, 0.15) is 40.0 Å². The van der Waals surface area contributed by atoms with Crippen molar-refractivity contribution in [2.24, 2.45) is 5.73 Å². The van der Waals surface area contributed by atoms with Gasteiger partial charge in [0.05, 0.1) is 0 Å². The number of nitrogens with zero attached hydrogens (tertiary/aromatic N) is 2. The number of nitrogens with two attached hydrogens (primary N) is 1. The lowest BCUT2D eigenvalue weighted by Gasteiger charge is -2.40. The van der Waals surface area contributed by atoms with E-state index < -0.39 is 0 Å². The second kappa shape index (κ2) is 8.04. The maximum Gasteiger partial charge on any atom is 0.0303 e. The zero-order valence-corrected chi connectivity index (χ0v) is 11.9. The fourth-order valence-corrected chi connectivity index (χ4v) is 2.32. The van der Waals surface area contributed by atoms with Gasteiger partial charge in [-0.3, -0.25) is 4.90 Å². The zero-order chi connectivity index (χ0) is 12.6. The van der Waals surface area contributed by atoms with Crippen molar-refractivity contribution < 1.29 is 0 Å². The molecule has 0 bridgehead atoms. The van der Waals surface area contributed by atoms with Crippen molar-refractivity contribution in [3.8, 4) is 0 Å². The predicted octanol–water partition coefficient (Wildman–Crippen LogP) is 1.78. The molecule has 3 heteroatoms. The summed E-state index contributed by atoms with van der Waals surface area (Å²) < 4.78 is 0. The van der Waals surface area contributed by atoms with Crippen LogP contribution in [0, 0.1) is 0 Å². The standard InChI is InChI=1S/C13H31N3/c1-6-9-13(3,12-14)16(7-2)11-8-10-15(4)5/h6-12,14H2,1-5H3. The molecule has 0 rings (SSSR count). The van der Waals surface area contributed by atoms with Crippen molar-refractivity contribution in [3.63, 3.8) is 0 Å². The van der Waals surface area contributed by atoms with Crippen molar-refractivity contribution >= 4 is 0 Å². The minimum absolute atomic E-state index is 0.190. The molecular weight excluding hydrogens is 198 g/mol. The summed E-state index contributed by atoms with van der Waals surface area (Å²) in [6, 6.07) is 0. The Balaban J connectivity index is 4.21. The van der Waals surface area contributed by atoms with Gasteiger partial charge in [-0.15, -0.1) is 0 Å². The van der Waals surface area contributed by atoms with Gasteiger partial charge in [-0.2, -0.15) is 0 Å². The molecule has 0 saturated heterocycles. The molecule has 0 aromatic carbocycles. The van der Waals surface area contributed by atoms with Crippen LogP contribution in [0.3, 0.4) is 0 Å². The molecule has 98 valence electrons. The van der Waals surface area contributed by atoms with Gasteiger partial charge in [-0.05, 0) is 53.5 Å². The van der Waals surface area contributed by atoms with E-state index in [0.717, 1.165) is 26.2 Å². The highest BCUT2D eigenvalue weighted by atomic mass is 15.2. The molecule has 0 aliphatic heterocycles. The first-order chi connectivity index (χ1) is 7.50. The van der Waals surface area contributed by atoms with Gasteiger partial charge in [-0.25, -0.2) is 0 Å². The SMILES string of the molecule is CCCC(C)(CN)N(CC)CCCN(C)C. The molecule has 0 aromatic heterocycles. The first kappa shape index (κ1) is 15.9. The van der Waals surface area contributed by atoms with Gasteiger partial charge in [0.15, 0.2) is 0 Å². The molecule has 0 heterocycles. The number of rotatable bonds is 9. The van der Waals surface area contributed by atoms with E-state index in [1.54, 1.807) is 0 Å². The lowest BCUT2D eigenvalue weighted by Crippen LogP contribution is -2.52. The Kier molecular flexibility index (Phi) is 7.98. The second-order valence-corrected chi connectivity index (χ2v) is 5.19. The molecule has 1 atom stereocenters. The number of hydrogen-bond donors (Lipinski definition) is 1. The summed E-state index contributed by atoms with van der Waals surface area (Å²) in [5, 5.41) is 0. The molecule has 0 radical (unpaired) electrons. The first-order valence-corrected chi connectivity index (χ1v) is 6.60. The summed E-state index contributed by atoms with van der Waals surface area (Å²) >= 11 is 0. The number of likely N-dealkylation sites (N-methyl/N-ethyl adjacent to an activating group) is 1. The van der Waals surface area contributed by atoms with E-state index in [0.29, 0.717) is 0 Å². The molecule has 2 N–H and O–H groups in total. The maximum atomic E-state index is 5.95. The maximum absolute atomic E-state index is 5.95. The van der Waals surface area contributed by atoms with Crippen LogP contribution >= 0.6 is 0 Å². The van der Waals surface area contributed by atoms with Crippen LogP contribution < -0.4 is 5.73 Å². The molecule has 0 saturated carbocycles. The molecule has 3 nitrogen and oxygen atoms in total. The lowest BCUT2D eigenvalue weighted by atomic mass is 9.93. The molecule has 0 amide bonds. The van der Waals surface area contributed by atoms with Crippen LogP contribution in [0.5, 0.6) is 0 Å². The van der Waals surface area contributed by atoms with Crippen LogP contribution in [0.2, 0.25) is 0 Å². The van der Waals surface area contributed by atoms with Crippen LogP contribution in [-0.4, -0.2) is 55.6 Å². The fraction of sp³-hybridized carbons (Fsp3) is 1.00. The van der Waals surface area contributed by atoms with Gasteiger partial charge in [0, 0.05) is 12.1 Å². The summed E-state index contributed by atoms with van der Waals surface area (Å²) in [6.07, 6.45) is 3.62. The molecule has 1 unspecified atom stereocenters. The summed E-state index contributed by atoms with van der Waals surface area (Å²) in [5.41, 5.74) is 6.14. The van der Waals surface area contributed by atoms with Crippen LogP contribution in [0.15, 0.2) is 0 Å². The van der Waals surface area contributed by atoms with Crippen LogP contribution in [0.25, 0.3) is 0 Å². The Morgan fingerprint density at radius 1 is 1.12 bits per heavy atom. The summed E-state index contributed by atoms with van der Waals surface area (Å²) in [5.74, 6) is 0. The van der Waals surface area contributed by atoms with Gasteiger partial charge in [0.2, 0.25) is 0 Å². The van der Waals surface area contributed by atoms with E-state index in [4.69, 9.17) is 5.73 Å². The average molecular weight is 229 g/mol. The van der Waals surface area contributed by atoms with Crippen molar-refractivity contribution in [2.45, 2.75) is 45.6 Å². The van der Waals surface area contributed by atoms with Gasteiger partial charge in [-0.1, -0.05) is 20.3 Å². The van der Waals surface area contributed by atoms with E-state index >= 15 is 0 Å². The van der Waals surface area contributed by atoms with Crippen LogP contribution in [-0.2, 0) is 0 Å². The highest BCUT2D eigenvalue weighted by Crippen LogP contribution is 2.20. The predicted molar refractivity (Wildman–Crippen MR) is 72.8 cm³/mol. The molecule has 0 aromatic rings. The zero-order valence-electron chi connectivity index (χ0n) is 11.9. The fourth-order valence-electron chi connectivity index (χ4n) is 2.32. The van der Waals surface area contributed by atoms with E-state index in [1.165, 1.54) is 19.3 Å². The molecule has 0 fully saturated rings. The van der Waals surface area contributed by atoms with Gasteiger partial charge in [0.25, 0.3) is 0 Å². The summed E-state index contributed by atoms with van der Waals surface area (Å²) in [6.45, 7) is 10.9. The van der Waals surface area contributed by atoms with Crippen molar-refractivity contribution in [1.29, 1.82) is 0 Å². The second-order valence-electron chi connectivity index (χ2n) is 5.19. The Hall–Kier alpha value is -0.120. The Morgan fingerprint density at radius 2 is 1.75 bits per heavy atom. The monoisotopic (exact) mass is 229 g/mol. The Labute approximate surface area is 102 Å². The van der Waals surface area contributed by atoms with Crippen molar-refractivity contribution in [2.75, 3.05) is 40.3 Å². The van der Waals surface area contributed by atoms with Crippen molar-refractivity contribution in [3.05, 3.63) is 0 Å². The Bertz CT molecular complexity index is 171. The quantitative estimate of drug-likeness (QED) is 0.654. The summed E-state index contributed by atoms with van der Waals surface area (Å²) in [4.78, 5) is 4.79. The van der Waals surface area contributed by atoms with Crippen molar-refractivity contribution in [1.82, 2.24) is 9.80 Å². The van der Waals surface area contributed by atoms with Crippen LogP contribution in [0.4, 0.5) is 0 Å². The average Bonchev–Trinajstić information content (AvgIpc) is 2.24. The Morgan fingerprint density at radius 3 is 2.12 bits per heavy atom. The third kappa shape index (κ3) is 5.28. The topological polar surface area (TPSA) is 32.5 Å². The first-order valence-electron chi connectivity index (χ1n) is 6.60. The van der Waals surface area contributed by atoms with E-state index in [-0.39, 0.29) is 5.54 Å². The molecule has 0 aliphatic carbocycles. The minimum atomic E-state index is 0.190. The van der Waals surface area contributed by atoms with E-state index in [1.807, 2.05) is 0 Å². The highest BCUT2D eigenvalue weighted by molar-refractivity contribution is 4.86. The molecule has 0 aliphatic rings. The minimum Gasteiger partial charge on any atom is -0.329 e. The number of hydrogen-bond acceptors (Lipinski definition) is 3. The summed E-state index contributed by atoms with van der Waals surface area (Å²) in [7, 11) is 4.26. The molecule has 16 heavy (non-hydrogen) atoms. The lowest BCUT2D eigenvalue weighted by molar-refractivity contribution is 0.102. The van der Waals surface area contributed by atoms with Gasteiger partial charge < -0.3 is 10.6 Å². The van der Waals surface area contributed by atoms with E-state index in [2.05, 4.69) is 44.7 Å². The third-order valence-corrected chi connectivity index (χ3v) is 3.41. The largest absolute Gasteiger partial charge is 0.329 e.